The highest BCUT2D eigenvalue weighted by Crippen LogP contribution is 2.35. The number of aryl methyl sites for hydroxylation is 1. The van der Waals surface area contributed by atoms with Gasteiger partial charge in [0.1, 0.15) is 0 Å². The van der Waals surface area contributed by atoms with Crippen LogP contribution in [0.3, 0.4) is 0 Å². The Bertz CT molecular complexity index is 464. The zero-order chi connectivity index (χ0) is 13.9. The molecular formula is C16H22INO. The van der Waals surface area contributed by atoms with Crippen molar-refractivity contribution in [1.82, 2.24) is 5.32 Å². The molecule has 2 nitrogen and oxygen atoms in total. The molecule has 1 saturated carbocycles. The van der Waals surface area contributed by atoms with Crippen LogP contribution in [0.4, 0.5) is 0 Å². The van der Waals surface area contributed by atoms with E-state index in [-0.39, 0.29) is 5.91 Å². The second kappa shape index (κ2) is 6.25. The molecule has 1 aliphatic rings. The highest BCUT2D eigenvalue weighted by Gasteiger charge is 2.27. The molecule has 0 bridgehead atoms. The van der Waals surface area contributed by atoms with Gasteiger partial charge in [-0.15, -0.1) is 0 Å². The van der Waals surface area contributed by atoms with Gasteiger partial charge in [0.25, 0.3) is 5.91 Å². The summed E-state index contributed by atoms with van der Waals surface area (Å²) in [6.45, 7) is 5.14. The van der Waals surface area contributed by atoms with Crippen LogP contribution >= 0.6 is 22.6 Å². The van der Waals surface area contributed by atoms with Crippen LogP contribution in [-0.4, -0.2) is 12.5 Å². The Morgan fingerprint density at radius 2 is 2.00 bits per heavy atom. The summed E-state index contributed by atoms with van der Waals surface area (Å²) in [5.74, 6) is 0.0694. The van der Waals surface area contributed by atoms with E-state index in [4.69, 9.17) is 0 Å². The number of halogens is 1. The molecule has 0 atom stereocenters. The smallest absolute Gasteiger partial charge is 0.252 e. The standard InChI is InChI=1S/C16H22INO/c1-12-7-6-8-13(14(12)17)15(19)18-11-16(2)9-4-3-5-10-16/h6-8H,3-5,9-11H2,1-2H3,(H,18,19). The van der Waals surface area contributed by atoms with Crippen molar-refractivity contribution in [3.05, 3.63) is 32.9 Å². The molecule has 1 amide bonds. The molecule has 1 aliphatic carbocycles. The average Bonchev–Trinajstić information content (AvgIpc) is 2.40. The maximum atomic E-state index is 12.3. The first-order chi connectivity index (χ1) is 9.02. The van der Waals surface area contributed by atoms with Gasteiger partial charge < -0.3 is 5.32 Å². The van der Waals surface area contributed by atoms with E-state index >= 15 is 0 Å². The van der Waals surface area contributed by atoms with Crippen molar-refractivity contribution < 1.29 is 4.79 Å². The Kier molecular flexibility index (Phi) is 4.87. The first kappa shape index (κ1) is 14.8. The topological polar surface area (TPSA) is 29.1 Å². The number of hydrogen-bond donors (Lipinski definition) is 1. The third-order valence-corrected chi connectivity index (χ3v) is 5.60. The Hall–Kier alpha value is -0.580. The molecule has 0 unspecified atom stereocenters. The largest absolute Gasteiger partial charge is 0.351 e. The maximum absolute atomic E-state index is 12.3. The van der Waals surface area contributed by atoms with Crippen LogP contribution in [0.2, 0.25) is 0 Å². The number of rotatable bonds is 3. The van der Waals surface area contributed by atoms with E-state index in [1.807, 2.05) is 25.1 Å². The molecule has 104 valence electrons. The third kappa shape index (κ3) is 3.71. The van der Waals surface area contributed by atoms with E-state index in [0.29, 0.717) is 5.41 Å². The van der Waals surface area contributed by atoms with Gasteiger partial charge in [-0.1, -0.05) is 38.3 Å². The molecule has 0 heterocycles. The SMILES string of the molecule is Cc1cccc(C(=O)NCC2(C)CCCCC2)c1I. The highest BCUT2D eigenvalue weighted by atomic mass is 127. The Labute approximate surface area is 129 Å². The molecule has 0 radical (unpaired) electrons. The fraction of sp³-hybridized carbons (Fsp3) is 0.562. The van der Waals surface area contributed by atoms with Crippen LogP contribution in [0.5, 0.6) is 0 Å². The van der Waals surface area contributed by atoms with Gasteiger partial charge in [0.15, 0.2) is 0 Å². The molecule has 0 aromatic heterocycles. The molecule has 19 heavy (non-hydrogen) atoms. The molecule has 0 saturated heterocycles. The second-order valence-electron chi connectivity index (χ2n) is 5.99. The zero-order valence-corrected chi connectivity index (χ0v) is 13.9. The highest BCUT2D eigenvalue weighted by molar-refractivity contribution is 14.1. The van der Waals surface area contributed by atoms with Gasteiger partial charge in [-0.2, -0.15) is 0 Å². The van der Waals surface area contributed by atoms with Crippen LogP contribution in [0, 0.1) is 15.9 Å². The third-order valence-electron chi connectivity index (χ3n) is 4.17. The first-order valence-corrected chi connectivity index (χ1v) is 8.13. The van der Waals surface area contributed by atoms with Crippen molar-refractivity contribution in [3.8, 4) is 0 Å². The lowest BCUT2D eigenvalue weighted by Gasteiger charge is -2.33. The molecule has 3 heteroatoms. The van der Waals surface area contributed by atoms with Crippen LogP contribution in [0.1, 0.15) is 54.9 Å². The molecule has 1 aromatic rings. The van der Waals surface area contributed by atoms with Gasteiger partial charge in [0.05, 0.1) is 5.56 Å². The molecule has 1 fully saturated rings. The van der Waals surface area contributed by atoms with Gasteiger partial charge in [-0.3, -0.25) is 4.79 Å². The van der Waals surface area contributed by atoms with Crippen molar-refractivity contribution in [3.63, 3.8) is 0 Å². The predicted molar refractivity (Wildman–Crippen MR) is 87.4 cm³/mol. The van der Waals surface area contributed by atoms with Gasteiger partial charge in [0.2, 0.25) is 0 Å². The maximum Gasteiger partial charge on any atom is 0.252 e. The number of carbonyl (C=O) groups excluding carboxylic acids is 1. The van der Waals surface area contributed by atoms with Crippen molar-refractivity contribution in [2.45, 2.75) is 46.0 Å². The minimum Gasteiger partial charge on any atom is -0.351 e. The molecule has 0 spiro atoms. The minimum absolute atomic E-state index is 0.0694. The molecule has 1 N–H and O–H groups in total. The van der Waals surface area contributed by atoms with Crippen molar-refractivity contribution >= 4 is 28.5 Å². The van der Waals surface area contributed by atoms with E-state index in [1.54, 1.807) is 0 Å². The van der Waals surface area contributed by atoms with Crippen molar-refractivity contribution in [2.75, 3.05) is 6.54 Å². The van der Waals surface area contributed by atoms with E-state index < -0.39 is 0 Å². The fourth-order valence-electron chi connectivity index (χ4n) is 2.79. The molecular weight excluding hydrogens is 349 g/mol. The summed E-state index contributed by atoms with van der Waals surface area (Å²) >= 11 is 2.26. The molecule has 1 aromatic carbocycles. The minimum atomic E-state index is 0.0694. The number of hydrogen-bond acceptors (Lipinski definition) is 1. The lowest BCUT2D eigenvalue weighted by molar-refractivity contribution is 0.0918. The van der Waals surface area contributed by atoms with E-state index in [2.05, 4.69) is 34.8 Å². The number of amides is 1. The average molecular weight is 371 g/mol. The van der Waals surface area contributed by atoms with Crippen LogP contribution in [0.15, 0.2) is 18.2 Å². The summed E-state index contributed by atoms with van der Waals surface area (Å²) in [5, 5.41) is 3.13. The second-order valence-corrected chi connectivity index (χ2v) is 7.07. The molecule has 0 aliphatic heterocycles. The lowest BCUT2D eigenvalue weighted by atomic mass is 9.76. The lowest BCUT2D eigenvalue weighted by Crippen LogP contribution is -2.37. The monoisotopic (exact) mass is 371 g/mol. The first-order valence-electron chi connectivity index (χ1n) is 7.05. The fourth-order valence-corrected chi connectivity index (χ4v) is 3.40. The predicted octanol–water partition coefficient (Wildman–Crippen LogP) is 4.30. The van der Waals surface area contributed by atoms with Gasteiger partial charge in [0, 0.05) is 10.1 Å². The summed E-state index contributed by atoms with van der Waals surface area (Å²) < 4.78 is 1.06. The van der Waals surface area contributed by atoms with Gasteiger partial charge in [-0.25, -0.2) is 0 Å². The normalized spacial score (nSPS) is 18.1. The van der Waals surface area contributed by atoms with Crippen molar-refractivity contribution in [1.29, 1.82) is 0 Å². The quantitative estimate of drug-likeness (QED) is 0.789. The van der Waals surface area contributed by atoms with Crippen LogP contribution in [0.25, 0.3) is 0 Å². The van der Waals surface area contributed by atoms with Crippen molar-refractivity contribution in [2.24, 2.45) is 5.41 Å². The Balaban J connectivity index is 1.99. The van der Waals surface area contributed by atoms with Gasteiger partial charge in [-0.05, 0) is 59.4 Å². The van der Waals surface area contributed by atoms with Crippen LogP contribution in [-0.2, 0) is 0 Å². The summed E-state index contributed by atoms with van der Waals surface area (Å²) in [4.78, 5) is 12.3. The molecule has 2 rings (SSSR count). The van der Waals surface area contributed by atoms with Crippen LogP contribution < -0.4 is 5.32 Å². The number of benzene rings is 1. The Morgan fingerprint density at radius 1 is 1.32 bits per heavy atom. The van der Waals surface area contributed by atoms with E-state index in [0.717, 1.165) is 21.2 Å². The number of carbonyl (C=O) groups is 1. The van der Waals surface area contributed by atoms with E-state index in [9.17, 15) is 4.79 Å². The van der Waals surface area contributed by atoms with Gasteiger partial charge >= 0.3 is 0 Å². The Morgan fingerprint density at radius 3 is 2.68 bits per heavy atom. The number of nitrogens with one attached hydrogen (secondary N) is 1. The summed E-state index contributed by atoms with van der Waals surface area (Å²) in [7, 11) is 0. The summed E-state index contributed by atoms with van der Waals surface area (Å²) in [5.41, 5.74) is 2.26. The zero-order valence-electron chi connectivity index (χ0n) is 11.8. The van der Waals surface area contributed by atoms with E-state index in [1.165, 1.54) is 32.1 Å². The summed E-state index contributed by atoms with van der Waals surface area (Å²) in [6, 6.07) is 5.91. The summed E-state index contributed by atoms with van der Waals surface area (Å²) in [6.07, 6.45) is 6.42.